The van der Waals surface area contributed by atoms with Gasteiger partial charge in [0.1, 0.15) is 11.4 Å². The van der Waals surface area contributed by atoms with Crippen LogP contribution in [0.1, 0.15) is 12.0 Å². The number of rotatable bonds is 1. The molecule has 1 aromatic rings. The fourth-order valence-corrected chi connectivity index (χ4v) is 2.07. The molecule has 2 rings (SSSR count). The van der Waals surface area contributed by atoms with Crippen molar-refractivity contribution in [3.05, 3.63) is 28.8 Å². The molecule has 1 aliphatic heterocycles. The van der Waals surface area contributed by atoms with E-state index in [2.05, 4.69) is 5.32 Å². The molecular formula is C10H12ClNO2. The summed E-state index contributed by atoms with van der Waals surface area (Å²) in [5.41, 5.74) is -0.334. The highest BCUT2D eigenvalue weighted by Gasteiger charge is 2.34. The molecule has 1 fully saturated rings. The molecule has 3 N–H and O–H groups in total. The van der Waals surface area contributed by atoms with Gasteiger partial charge in [-0.1, -0.05) is 11.6 Å². The normalized spacial score (nSPS) is 26.7. The summed E-state index contributed by atoms with van der Waals surface area (Å²) in [5.74, 6) is 0.129. The SMILES string of the molecule is Oc1ccc(Cl)c(C2(O)CCNC2)c1. The largest absolute Gasteiger partial charge is 0.508 e. The average molecular weight is 214 g/mol. The van der Waals surface area contributed by atoms with Gasteiger partial charge in [-0.15, -0.1) is 0 Å². The summed E-state index contributed by atoms with van der Waals surface area (Å²) in [7, 11) is 0. The van der Waals surface area contributed by atoms with Gasteiger partial charge in [0.05, 0.1) is 0 Å². The number of halogens is 1. The van der Waals surface area contributed by atoms with Gasteiger partial charge in [-0.05, 0) is 31.2 Å². The van der Waals surface area contributed by atoms with E-state index in [1.807, 2.05) is 0 Å². The topological polar surface area (TPSA) is 52.5 Å². The van der Waals surface area contributed by atoms with Gasteiger partial charge in [-0.25, -0.2) is 0 Å². The van der Waals surface area contributed by atoms with E-state index in [0.717, 1.165) is 6.54 Å². The van der Waals surface area contributed by atoms with Crippen LogP contribution in [0.4, 0.5) is 0 Å². The summed E-state index contributed by atoms with van der Waals surface area (Å²) in [4.78, 5) is 0. The lowest BCUT2D eigenvalue weighted by Crippen LogP contribution is -2.28. The predicted octanol–water partition coefficient (Wildman–Crippen LogP) is 1.23. The quantitative estimate of drug-likeness (QED) is 0.658. The molecule has 1 aromatic carbocycles. The molecule has 0 spiro atoms. The fourth-order valence-electron chi connectivity index (χ4n) is 1.78. The van der Waals surface area contributed by atoms with E-state index < -0.39 is 5.60 Å². The Morgan fingerprint density at radius 1 is 1.43 bits per heavy atom. The molecule has 1 unspecified atom stereocenters. The Morgan fingerprint density at radius 3 is 2.86 bits per heavy atom. The molecule has 0 saturated carbocycles. The van der Waals surface area contributed by atoms with Crippen LogP contribution in [-0.4, -0.2) is 23.3 Å². The minimum Gasteiger partial charge on any atom is -0.508 e. The number of phenolic OH excluding ortho intramolecular Hbond substituents is 1. The van der Waals surface area contributed by atoms with Crippen LogP contribution in [0.2, 0.25) is 5.02 Å². The van der Waals surface area contributed by atoms with Crippen LogP contribution < -0.4 is 5.32 Å². The number of benzene rings is 1. The first-order valence-electron chi connectivity index (χ1n) is 4.54. The molecule has 0 aromatic heterocycles. The average Bonchev–Trinajstić information content (AvgIpc) is 2.58. The van der Waals surface area contributed by atoms with Gasteiger partial charge >= 0.3 is 0 Å². The van der Waals surface area contributed by atoms with Crippen molar-refractivity contribution in [2.45, 2.75) is 12.0 Å². The first kappa shape index (κ1) is 9.77. The van der Waals surface area contributed by atoms with E-state index in [1.165, 1.54) is 12.1 Å². The van der Waals surface area contributed by atoms with E-state index in [4.69, 9.17) is 11.6 Å². The maximum absolute atomic E-state index is 10.2. The standard InChI is InChI=1S/C10H12ClNO2/c11-9-2-1-7(13)5-8(9)10(14)3-4-12-6-10/h1-2,5,12-14H,3-4,6H2. The lowest BCUT2D eigenvalue weighted by molar-refractivity contribution is 0.0586. The molecule has 0 bridgehead atoms. The highest BCUT2D eigenvalue weighted by atomic mass is 35.5. The van der Waals surface area contributed by atoms with Crippen molar-refractivity contribution in [1.29, 1.82) is 0 Å². The highest BCUT2D eigenvalue weighted by Crippen LogP contribution is 2.34. The molecule has 76 valence electrons. The lowest BCUT2D eigenvalue weighted by Gasteiger charge is -2.23. The van der Waals surface area contributed by atoms with Crippen molar-refractivity contribution in [2.75, 3.05) is 13.1 Å². The van der Waals surface area contributed by atoms with Crippen LogP contribution in [0.25, 0.3) is 0 Å². The Bertz CT molecular complexity index is 348. The Morgan fingerprint density at radius 2 is 2.21 bits per heavy atom. The monoisotopic (exact) mass is 213 g/mol. The summed E-state index contributed by atoms with van der Waals surface area (Å²) in [6, 6.07) is 4.63. The van der Waals surface area contributed by atoms with E-state index in [0.29, 0.717) is 23.6 Å². The minimum atomic E-state index is -0.935. The number of hydrogen-bond donors (Lipinski definition) is 3. The number of aromatic hydroxyl groups is 1. The third-order valence-electron chi connectivity index (χ3n) is 2.58. The van der Waals surface area contributed by atoms with Gasteiger partial charge in [0.25, 0.3) is 0 Å². The molecule has 1 saturated heterocycles. The van der Waals surface area contributed by atoms with Crippen LogP contribution in [0.5, 0.6) is 5.75 Å². The first-order valence-corrected chi connectivity index (χ1v) is 4.92. The fraction of sp³-hybridized carbons (Fsp3) is 0.400. The van der Waals surface area contributed by atoms with Crippen molar-refractivity contribution in [1.82, 2.24) is 5.32 Å². The molecular weight excluding hydrogens is 202 g/mol. The number of hydrogen-bond acceptors (Lipinski definition) is 3. The zero-order chi connectivity index (χ0) is 10.2. The Hall–Kier alpha value is -0.770. The van der Waals surface area contributed by atoms with Crippen molar-refractivity contribution in [3.8, 4) is 5.75 Å². The minimum absolute atomic E-state index is 0.129. The van der Waals surface area contributed by atoms with E-state index in [9.17, 15) is 10.2 Å². The van der Waals surface area contributed by atoms with E-state index in [-0.39, 0.29) is 5.75 Å². The van der Waals surface area contributed by atoms with Gasteiger partial charge in [0, 0.05) is 17.1 Å². The summed E-state index contributed by atoms with van der Waals surface area (Å²) in [6.07, 6.45) is 0.621. The number of phenols is 1. The summed E-state index contributed by atoms with van der Waals surface area (Å²) < 4.78 is 0. The second-order valence-corrected chi connectivity index (χ2v) is 4.03. The smallest absolute Gasteiger partial charge is 0.116 e. The van der Waals surface area contributed by atoms with Gasteiger partial charge in [0.2, 0.25) is 0 Å². The van der Waals surface area contributed by atoms with Crippen molar-refractivity contribution >= 4 is 11.6 Å². The lowest BCUT2D eigenvalue weighted by atomic mass is 9.93. The Balaban J connectivity index is 2.44. The van der Waals surface area contributed by atoms with Crippen LogP contribution in [0.3, 0.4) is 0 Å². The highest BCUT2D eigenvalue weighted by molar-refractivity contribution is 6.31. The van der Waals surface area contributed by atoms with Crippen molar-refractivity contribution in [3.63, 3.8) is 0 Å². The summed E-state index contributed by atoms with van der Waals surface area (Å²) in [6.45, 7) is 1.25. The maximum Gasteiger partial charge on any atom is 0.116 e. The van der Waals surface area contributed by atoms with Crippen molar-refractivity contribution < 1.29 is 10.2 Å². The molecule has 4 heteroatoms. The number of β-amino-alcohol motifs (C(OH)–C–C–N with tert-alkyl or cyclic N) is 1. The Labute approximate surface area is 87.3 Å². The number of aliphatic hydroxyl groups is 1. The molecule has 1 atom stereocenters. The third kappa shape index (κ3) is 1.59. The zero-order valence-corrected chi connectivity index (χ0v) is 8.38. The number of nitrogens with one attached hydrogen (secondary N) is 1. The predicted molar refractivity (Wildman–Crippen MR) is 54.5 cm³/mol. The van der Waals surface area contributed by atoms with Crippen LogP contribution in [-0.2, 0) is 5.60 Å². The molecule has 1 aliphatic rings. The first-order chi connectivity index (χ1) is 6.62. The van der Waals surface area contributed by atoms with E-state index in [1.54, 1.807) is 6.07 Å². The van der Waals surface area contributed by atoms with Crippen LogP contribution in [0.15, 0.2) is 18.2 Å². The second kappa shape index (κ2) is 3.42. The maximum atomic E-state index is 10.2. The molecule has 14 heavy (non-hydrogen) atoms. The summed E-state index contributed by atoms with van der Waals surface area (Å²) in [5, 5.41) is 23.1. The summed E-state index contributed by atoms with van der Waals surface area (Å²) >= 11 is 5.97. The van der Waals surface area contributed by atoms with Gasteiger partial charge < -0.3 is 15.5 Å². The zero-order valence-electron chi connectivity index (χ0n) is 7.63. The third-order valence-corrected chi connectivity index (χ3v) is 2.91. The molecule has 0 amide bonds. The molecule has 3 nitrogen and oxygen atoms in total. The van der Waals surface area contributed by atoms with Crippen LogP contribution in [0, 0.1) is 0 Å². The Kier molecular flexibility index (Phi) is 2.39. The molecule has 0 radical (unpaired) electrons. The second-order valence-electron chi connectivity index (χ2n) is 3.62. The van der Waals surface area contributed by atoms with Gasteiger partial charge in [0.15, 0.2) is 0 Å². The molecule has 0 aliphatic carbocycles. The van der Waals surface area contributed by atoms with Crippen molar-refractivity contribution in [2.24, 2.45) is 0 Å². The van der Waals surface area contributed by atoms with Crippen LogP contribution >= 0.6 is 11.6 Å². The molecule has 1 heterocycles. The van der Waals surface area contributed by atoms with E-state index >= 15 is 0 Å². The van der Waals surface area contributed by atoms with Gasteiger partial charge in [-0.3, -0.25) is 0 Å². The van der Waals surface area contributed by atoms with Gasteiger partial charge in [-0.2, -0.15) is 0 Å².